The highest BCUT2D eigenvalue weighted by molar-refractivity contribution is 5.75. The molecule has 0 bridgehead atoms. The molecule has 0 aromatic heterocycles. The Kier molecular flexibility index (Phi) is 5.39. The lowest BCUT2D eigenvalue weighted by Crippen LogP contribution is -2.47. The first-order chi connectivity index (χ1) is 9.12. The number of methoxy groups -OCH3 is 1. The maximum absolute atomic E-state index is 11.6. The van der Waals surface area contributed by atoms with E-state index in [1.807, 2.05) is 20.8 Å². The molecule has 4 nitrogen and oxygen atoms in total. The Morgan fingerprint density at radius 3 is 2.40 bits per heavy atom. The van der Waals surface area contributed by atoms with Gasteiger partial charge in [0.15, 0.2) is 0 Å². The minimum atomic E-state index is -1.55. The standard InChI is InChI=1S/C16H28O4/c1-11(2)9-16(19-6,14(17)18)20-12(3)13-7-8-15(4,5)10-13/h7,11-12H,8-10H2,1-6H3,(H,17,18). The number of ether oxygens (including phenoxy) is 2. The van der Waals surface area contributed by atoms with Crippen molar-refractivity contribution in [3.05, 3.63) is 11.6 Å². The van der Waals surface area contributed by atoms with Crippen LogP contribution in [0, 0.1) is 11.3 Å². The van der Waals surface area contributed by atoms with E-state index in [0.29, 0.717) is 6.42 Å². The topological polar surface area (TPSA) is 55.8 Å². The second-order valence-electron chi connectivity index (χ2n) is 6.94. The quantitative estimate of drug-likeness (QED) is 0.573. The van der Waals surface area contributed by atoms with Crippen LogP contribution in [0.2, 0.25) is 0 Å². The minimum absolute atomic E-state index is 0.173. The smallest absolute Gasteiger partial charge is 0.364 e. The molecule has 1 aliphatic carbocycles. The summed E-state index contributed by atoms with van der Waals surface area (Å²) in [5.74, 6) is -2.44. The summed E-state index contributed by atoms with van der Waals surface area (Å²) in [6.07, 6.45) is 4.21. The molecule has 20 heavy (non-hydrogen) atoms. The average molecular weight is 284 g/mol. The van der Waals surface area contributed by atoms with Gasteiger partial charge in [-0.1, -0.05) is 33.8 Å². The average Bonchev–Trinajstić information content (AvgIpc) is 2.67. The zero-order valence-corrected chi connectivity index (χ0v) is 13.5. The van der Waals surface area contributed by atoms with Crippen molar-refractivity contribution in [1.29, 1.82) is 0 Å². The Labute approximate surface area is 122 Å². The molecule has 2 atom stereocenters. The van der Waals surface area contributed by atoms with Gasteiger partial charge >= 0.3 is 5.97 Å². The summed E-state index contributed by atoms with van der Waals surface area (Å²) < 4.78 is 11.1. The lowest BCUT2D eigenvalue weighted by Gasteiger charge is -2.33. The van der Waals surface area contributed by atoms with Gasteiger partial charge in [-0.2, -0.15) is 0 Å². The van der Waals surface area contributed by atoms with E-state index in [1.54, 1.807) is 0 Å². The number of hydrogen-bond donors (Lipinski definition) is 1. The maximum atomic E-state index is 11.6. The molecule has 0 heterocycles. The third kappa shape index (κ3) is 4.06. The van der Waals surface area contributed by atoms with E-state index in [-0.39, 0.29) is 17.4 Å². The molecule has 0 saturated carbocycles. The third-order valence-electron chi connectivity index (χ3n) is 3.82. The molecule has 0 amide bonds. The molecule has 1 rings (SSSR count). The SMILES string of the molecule is COC(CC(C)C)(OC(C)C1=CCC(C)(C)C1)C(=O)O. The molecule has 0 radical (unpaired) electrons. The summed E-state index contributed by atoms with van der Waals surface area (Å²) in [5.41, 5.74) is 1.41. The molecule has 2 unspecified atom stereocenters. The van der Waals surface area contributed by atoms with Gasteiger partial charge in [0.2, 0.25) is 0 Å². The number of aliphatic carboxylic acids is 1. The molecule has 0 aliphatic heterocycles. The van der Waals surface area contributed by atoms with Crippen molar-refractivity contribution in [3.63, 3.8) is 0 Å². The summed E-state index contributed by atoms with van der Waals surface area (Å²) in [6.45, 7) is 10.2. The van der Waals surface area contributed by atoms with Crippen LogP contribution in [-0.4, -0.2) is 30.1 Å². The van der Waals surface area contributed by atoms with Crippen LogP contribution in [0.3, 0.4) is 0 Å². The molecule has 1 N–H and O–H groups in total. The Hall–Kier alpha value is -0.870. The zero-order chi connectivity index (χ0) is 15.6. The molecule has 0 aromatic carbocycles. The molecular weight excluding hydrogens is 256 g/mol. The molecule has 0 spiro atoms. The summed E-state index contributed by atoms with van der Waals surface area (Å²) >= 11 is 0. The van der Waals surface area contributed by atoms with Crippen molar-refractivity contribution >= 4 is 5.97 Å². The first-order valence-electron chi connectivity index (χ1n) is 7.27. The fraction of sp³-hybridized carbons (Fsp3) is 0.812. The van der Waals surface area contributed by atoms with Crippen molar-refractivity contribution in [1.82, 2.24) is 0 Å². The normalized spacial score (nSPS) is 22.4. The first-order valence-corrected chi connectivity index (χ1v) is 7.27. The Morgan fingerprint density at radius 1 is 1.45 bits per heavy atom. The summed E-state index contributed by atoms with van der Waals surface area (Å²) in [4.78, 5) is 11.6. The van der Waals surface area contributed by atoms with E-state index in [9.17, 15) is 9.90 Å². The van der Waals surface area contributed by atoms with Crippen molar-refractivity contribution in [2.75, 3.05) is 7.11 Å². The molecule has 0 saturated heterocycles. The van der Waals surface area contributed by atoms with Crippen molar-refractivity contribution in [2.45, 2.75) is 65.8 Å². The van der Waals surface area contributed by atoms with Gasteiger partial charge < -0.3 is 14.6 Å². The summed E-state index contributed by atoms with van der Waals surface area (Å²) in [6, 6.07) is 0. The van der Waals surface area contributed by atoms with Gasteiger partial charge in [-0.25, -0.2) is 4.79 Å². The van der Waals surface area contributed by atoms with Gasteiger partial charge in [0.05, 0.1) is 6.10 Å². The van der Waals surface area contributed by atoms with Gasteiger partial charge in [0, 0.05) is 13.5 Å². The van der Waals surface area contributed by atoms with Crippen molar-refractivity contribution in [2.24, 2.45) is 11.3 Å². The van der Waals surface area contributed by atoms with Gasteiger partial charge in [0.1, 0.15) is 0 Å². The van der Waals surface area contributed by atoms with E-state index in [1.165, 1.54) is 12.7 Å². The van der Waals surface area contributed by atoms with E-state index >= 15 is 0 Å². The number of rotatable bonds is 7. The number of carboxylic acids is 1. The van der Waals surface area contributed by atoms with Crippen LogP contribution in [0.15, 0.2) is 11.6 Å². The van der Waals surface area contributed by atoms with E-state index in [4.69, 9.17) is 9.47 Å². The van der Waals surface area contributed by atoms with Crippen LogP contribution >= 0.6 is 0 Å². The Balaban J connectivity index is 2.82. The molecular formula is C16H28O4. The summed E-state index contributed by atoms with van der Waals surface area (Å²) in [5, 5.41) is 9.50. The lowest BCUT2D eigenvalue weighted by atomic mass is 9.89. The number of allylic oxidation sites excluding steroid dienone is 1. The fourth-order valence-electron chi connectivity index (χ4n) is 2.72. The lowest BCUT2D eigenvalue weighted by molar-refractivity contribution is -0.250. The Bertz CT molecular complexity index is 384. The van der Waals surface area contributed by atoms with Crippen molar-refractivity contribution < 1.29 is 19.4 Å². The van der Waals surface area contributed by atoms with Crippen LogP contribution in [-0.2, 0) is 14.3 Å². The van der Waals surface area contributed by atoms with Crippen LogP contribution in [0.4, 0.5) is 0 Å². The van der Waals surface area contributed by atoms with Gasteiger partial charge in [0.25, 0.3) is 5.79 Å². The highest BCUT2D eigenvalue weighted by atomic mass is 16.7. The monoisotopic (exact) mass is 284 g/mol. The number of carboxylic acid groups (broad SMARTS) is 1. The van der Waals surface area contributed by atoms with E-state index in [2.05, 4.69) is 19.9 Å². The van der Waals surface area contributed by atoms with Gasteiger partial charge in [-0.15, -0.1) is 0 Å². The maximum Gasteiger partial charge on any atom is 0.364 e. The molecule has 0 aromatic rings. The predicted molar refractivity (Wildman–Crippen MR) is 78.5 cm³/mol. The second-order valence-corrected chi connectivity index (χ2v) is 6.94. The van der Waals surface area contributed by atoms with Gasteiger partial charge in [-0.05, 0) is 36.7 Å². The van der Waals surface area contributed by atoms with Crippen LogP contribution in [0.1, 0.15) is 53.9 Å². The Morgan fingerprint density at radius 2 is 2.05 bits per heavy atom. The van der Waals surface area contributed by atoms with Crippen molar-refractivity contribution in [3.8, 4) is 0 Å². The minimum Gasteiger partial charge on any atom is -0.477 e. The number of carbonyl (C=O) groups is 1. The largest absolute Gasteiger partial charge is 0.477 e. The van der Waals surface area contributed by atoms with Crippen LogP contribution < -0.4 is 0 Å². The molecule has 116 valence electrons. The molecule has 1 aliphatic rings. The first kappa shape index (κ1) is 17.2. The van der Waals surface area contributed by atoms with Gasteiger partial charge in [-0.3, -0.25) is 0 Å². The second kappa shape index (κ2) is 6.27. The van der Waals surface area contributed by atoms with Crippen LogP contribution in [0.5, 0.6) is 0 Å². The van der Waals surface area contributed by atoms with Crippen LogP contribution in [0.25, 0.3) is 0 Å². The predicted octanol–water partition coefficient (Wildman–Crippen LogP) is 3.61. The zero-order valence-electron chi connectivity index (χ0n) is 13.5. The highest BCUT2D eigenvalue weighted by Crippen LogP contribution is 2.39. The molecule has 0 fully saturated rings. The summed E-state index contributed by atoms with van der Waals surface area (Å²) in [7, 11) is 1.40. The molecule has 4 heteroatoms. The van der Waals surface area contributed by atoms with E-state index < -0.39 is 11.8 Å². The highest BCUT2D eigenvalue weighted by Gasteiger charge is 2.43. The van der Waals surface area contributed by atoms with E-state index in [0.717, 1.165) is 12.8 Å². The third-order valence-corrected chi connectivity index (χ3v) is 3.82. The number of hydrogen-bond acceptors (Lipinski definition) is 3. The fourth-order valence-corrected chi connectivity index (χ4v) is 2.72.